The molecule has 1 heterocycles. The van der Waals surface area contributed by atoms with Gasteiger partial charge < -0.3 is 4.57 Å². The number of imidazole rings is 1. The first-order valence-electron chi connectivity index (χ1n) is 5.42. The number of nitro groups is 1. The molecule has 0 saturated carbocycles. The van der Waals surface area contributed by atoms with Crippen LogP contribution in [0.25, 0.3) is 0 Å². The SMILES string of the molecule is O=[N+]([O-])c1ccc(S(=O)(=O)CCn2ccnc2)cc1. The van der Waals surface area contributed by atoms with E-state index >= 15 is 0 Å². The molecule has 0 saturated heterocycles. The molecule has 1 aromatic carbocycles. The van der Waals surface area contributed by atoms with Crippen LogP contribution >= 0.6 is 0 Å². The summed E-state index contributed by atoms with van der Waals surface area (Å²) in [6.07, 6.45) is 4.77. The molecule has 2 rings (SSSR count). The van der Waals surface area contributed by atoms with E-state index in [9.17, 15) is 18.5 Å². The highest BCUT2D eigenvalue weighted by Gasteiger charge is 2.16. The minimum Gasteiger partial charge on any atom is -0.336 e. The van der Waals surface area contributed by atoms with E-state index in [2.05, 4.69) is 4.98 Å². The molecule has 0 unspecified atom stereocenters. The van der Waals surface area contributed by atoms with Crippen LogP contribution in [0.5, 0.6) is 0 Å². The Morgan fingerprint density at radius 3 is 2.47 bits per heavy atom. The Hall–Kier alpha value is -2.22. The van der Waals surface area contributed by atoms with Crippen LogP contribution in [0.4, 0.5) is 5.69 Å². The lowest BCUT2D eigenvalue weighted by atomic mass is 10.3. The van der Waals surface area contributed by atoms with Gasteiger partial charge in [-0.3, -0.25) is 10.1 Å². The molecule has 0 bridgehead atoms. The van der Waals surface area contributed by atoms with Crippen molar-refractivity contribution < 1.29 is 13.3 Å². The Bertz CT molecular complexity index is 662. The maximum atomic E-state index is 12.0. The fraction of sp³-hybridized carbons (Fsp3) is 0.182. The van der Waals surface area contributed by atoms with Crippen LogP contribution in [0.15, 0.2) is 47.9 Å². The second-order valence-corrected chi connectivity index (χ2v) is 5.98. The van der Waals surface area contributed by atoms with Gasteiger partial charge in [-0.05, 0) is 12.1 Å². The van der Waals surface area contributed by atoms with Crippen molar-refractivity contribution in [3.05, 3.63) is 53.1 Å². The number of benzene rings is 1. The van der Waals surface area contributed by atoms with E-state index in [0.717, 1.165) is 0 Å². The summed E-state index contributed by atoms with van der Waals surface area (Å²) in [7, 11) is -3.45. The van der Waals surface area contributed by atoms with E-state index in [1.165, 1.54) is 30.6 Å². The molecule has 0 amide bonds. The van der Waals surface area contributed by atoms with Crippen LogP contribution in [0.2, 0.25) is 0 Å². The lowest BCUT2D eigenvalue weighted by Gasteiger charge is -2.04. The summed E-state index contributed by atoms with van der Waals surface area (Å²) in [5, 5.41) is 10.5. The average Bonchev–Trinajstić information content (AvgIpc) is 2.90. The zero-order valence-corrected chi connectivity index (χ0v) is 10.7. The highest BCUT2D eigenvalue weighted by Crippen LogP contribution is 2.17. The second-order valence-electron chi connectivity index (χ2n) is 3.87. The Labute approximate surface area is 109 Å². The molecule has 0 aliphatic carbocycles. The van der Waals surface area contributed by atoms with E-state index in [1.54, 1.807) is 17.0 Å². The van der Waals surface area contributed by atoms with Gasteiger partial charge in [-0.1, -0.05) is 0 Å². The van der Waals surface area contributed by atoms with Gasteiger partial charge in [0.05, 0.1) is 21.9 Å². The molecule has 100 valence electrons. The monoisotopic (exact) mass is 281 g/mol. The number of hydrogen-bond acceptors (Lipinski definition) is 5. The summed E-state index contributed by atoms with van der Waals surface area (Å²) in [6, 6.07) is 4.87. The van der Waals surface area contributed by atoms with Crippen LogP contribution < -0.4 is 0 Å². The normalized spacial score (nSPS) is 11.4. The minimum atomic E-state index is -3.45. The first kappa shape index (κ1) is 13.2. The van der Waals surface area contributed by atoms with Gasteiger partial charge in [0.25, 0.3) is 5.69 Å². The van der Waals surface area contributed by atoms with Crippen LogP contribution in [0.1, 0.15) is 0 Å². The number of non-ortho nitro benzene ring substituents is 1. The third-order valence-electron chi connectivity index (χ3n) is 2.58. The number of hydrogen-bond donors (Lipinski definition) is 0. The second kappa shape index (κ2) is 5.19. The van der Waals surface area contributed by atoms with Crippen molar-refractivity contribution in [2.75, 3.05) is 5.75 Å². The van der Waals surface area contributed by atoms with Crippen LogP contribution in [-0.2, 0) is 16.4 Å². The Morgan fingerprint density at radius 1 is 1.26 bits per heavy atom. The summed E-state index contributed by atoms with van der Waals surface area (Å²) in [5.41, 5.74) is -0.131. The first-order chi connectivity index (χ1) is 8.99. The van der Waals surface area contributed by atoms with Crippen LogP contribution in [0.3, 0.4) is 0 Å². The highest BCUT2D eigenvalue weighted by molar-refractivity contribution is 7.91. The van der Waals surface area contributed by atoms with Gasteiger partial charge in [-0.25, -0.2) is 13.4 Å². The van der Waals surface area contributed by atoms with Crippen molar-refractivity contribution in [3.63, 3.8) is 0 Å². The fourth-order valence-corrected chi connectivity index (χ4v) is 2.78. The van der Waals surface area contributed by atoms with E-state index in [-0.39, 0.29) is 16.3 Å². The molecule has 2 aromatic rings. The Balaban J connectivity index is 2.13. The van der Waals surface area contributed by atoms with Gasteiger partial charge in [-0.15, -0.1) is 0 Å². The van der Waals surface area contributed by atoms with Gasteiger partial charge in [0.15, 0.2) is 9.84 Å². The number of nitrogens with zero attached hydrogens (tertiary/aromatic N) is 3. The maximum absolute atomic E-state index is 12.0. The maximum Gasteiger partial charge on any atom is 0.269 e. The van der Waals surface area contributed by atoms with E-state index < -0.39 is 14.8 Å². The molecule has 19 heavy (non-hydrogen) atoms. The topological polar surface area (TPSA) is 95.1 Å². The molecular weight excluding hydrogens is 270 g/mol. The summed E-state index contributed by atoms with van der Waals surface area (Å²) in [5.74, 6) is -0.0822. The summed E-state index contributed by atoms with van der Waals surface area (Å²) in [6.45, 7) is 0.291. The predicted molar refractivity (Wildman–Crippen MR) is 67.4 cm³/mol. The molecular formula is C11H11N3O4S. The van der Waals surface area contributed by atoms with Gasteiger partial charge in [0.1, 0.15) is 0 Å². The van der Waals surface area contributed by atoms with Gasteiger partial charge in [0, 0.05) is 31.1 Å². The smallest absolute Gasteiger partial charge is 0.269 e. The third-order valence-corrected chi connectivity index (χ3v) is 4.29. The fourth-order valence-electron chi connectivity index (χ4n) is 1.54. The number of aryl methyl sites for hydroxylation is 1. The van der Waals surface area contributed by atoms with Crippen LogP contribution in [-0.4, -0.2) is 28.6 Å². The number of aromatic nitrogens is 2. The zero-order valence-electron chi connectivity index (χ0n) is 9.84. The number of sulfone groups is 1. The number of nitro benzene ring substituents is 1. The van der Waals surface area contributed by atoms with Gasteiger partial charge in [0.2, 0.25) is 0 Å². The molecule has 0 radical (unpaired) electrons. The minimum absolute atomic E-state index is 0.0817. The van der Waals surface area contributed by atoms with Gasteiger partial charge in [-0.2, -0.15) is 0 Å². The molecule has 0 atom stereocenters. The lowest BCUT2D eigenvalue weighted by Crippen LogP contribution is -2.12. The Kier molecular flexibility index (Phi) is 3.61. The van der Waals surface area contributed by atoms with Crippen molar-refractivity contribution >= 4 is 15.5 Å². The summed E-state index contributed by atoms with van der Waals surface area (Å²) in [4.78, 5) is 13.8. The highest BCUT2D eigenvalue weighted by atomic mass is 32.2. The van der Waals surface area contributed by atoms with Crippen molar-refractivity contribution in [1.82, 2.24) is 9.55 Å². The molecule has 7 nitrogen and oxygen atoms in total. The molecule has 0 aliphatic rings. The molecule has 0 aliphatic heterocycles. The molecule has 8 heteroatoms. The third kappa shape index (κ3) is 3.16. The summed E-state index contributed by atoms with van der Waals surface area (Å²) >= 11 is 0. The zero-order chi connectivity index (χ0) is 13.9. The Morgan fingerprint density at radius 2 is 1.95 bits per heavy atom. The van der Waals surface area contributed by atoms with Crippen molar-refractivity contribution in [2.24, 2.45) is 0 Å². The van der Waals surface area contributed by atoms with E-state index in [0.29, 0.717) is 6.54 Å². The standard InChI is InChI=1S/C11H11N3O4S/c15-14(16)10-1-3-11(4-2-10)19(17,18)8-7-13-6-5-12-9-13/h1-6,9H,7-8H2. The van der Waals surface area contributed by atoms with E-state index in [4.69, 9.17) is 0 Å². The quantitative estimate of drug-likeness (QED) is 0.607. The predicted octanol–water partition coefficient (Wildman–Crippen LogP) is 1.27. The molecule has 0 N–H and O–H groups in total. The number of rotatable bonds is 5. The largest absolute Gasteiger partial charge is 0.336 e. The van der Waals surface area contributed by atoms with Crippen molar-refractivity contribution in [3.8, 4) is 0 Å². The molecule has 0 fully saturated rings. The van der Waals surface area contributed by atoms with Gasteiger partial charge >= 0.3 is 0 Å². The molecule has 0 spiro atoms. The summed E-state index contributed by atoms with van der Waals surface area (Å²) < 4.78 is 25.7. The van der Waals surface area contributed by atoms with Crippen LogP contribution in [0, 0.1) is 10.1 Å². The lowest BCUT2D eigenvalue weighted by molar-refractivity contribution is -0.384. The van der Waals surface area contributed by atoms with Crippen molar-refractivity contribution in [1.29, 1.82) is 0 Å². The first-order valence-corrected chi connectivity index (χ1v) is 7.07. The average molecular weight is 281 g/mol. The van der Waals surface area contributed by atoms with Crippen molar-refractivity contribution in [2.45, 2.75) is 11.4 Å². The molecule has 1 aromatic heterocycles. The van der Waals surface area contributed by atoms with E-state index in [1.807, 2.05) is 0 Å².